The van der Waals surface area contributed by atoms with Crippen molar-refractivity contribution in [3.8, 4) is 0 Å². The number of amides is 2. The molecule has 1 fully saturated rings. The number of likely N-dealkylation sites (tertiary alicyclic amines) is 1. The predicted molar refractivity (Wildman–Crippen MR) is 98.5 cm³/mol. The summed E-state index contributed by atoms with van der Waals surface area (Å²) in [6.07, 6.45) is 2.51. The highest BCUT2D eigenvalue weighted by Crippen LogP contribution is 2.20. The number of aryl methyl sites for hydroxylation is 1. The van der Waals surface area contributed by atoms with Crippen molar-refractivity contribution >= 4 is 11.8 Å². The van der Waals surface area contributed by atoms with Crippen LogP contribution in [0.1, 0.15) is 49.0 Å². The quantitative estimate of drug-likeness (QED) is 0.773. The zero-order valence-electron chi connectivity index (χ0n) is 15.6. The first-order chi connectivity index (χ1) is 12.0. The number of ether oxygens (including phenoxy) is 1. The normalized spacial score (nSPS) is 15.4. The summed E-state index contributed by atoms with van der Waals surface area (Å²) >= 11 is 0. The number of nitrogens with one attached hydrogen (secondary N) is 1. The molecule has 0 aliphatic carbocycles. The number of carbonyl (C=O) groups excluding carboxylic acids is 2. The van der Waals surface area contributed by atoms with Crippen LogP contribution < -0.4 is 5.32 Å². The van der Waals surface area contributed by atoms with E-state index in [0.29, 0.717) is 26.2 Å². The number of carbonyl (C=O) groups is 2. The Kier molecular flexibility index (Phi) is 7.44. The van der Waals surface area contributed by atoms with Crippen LogP contribution in [0.5, 0.6) is 0 Å². The van der Waals surface area contributed by atoms with Crippen molar-refractivity contribution in [2.24, 2.45) is 5.92 Å². The number of nitrogens with zero attached hydrogens (tertiary/aromatic N) is 1. The highest BCUT2D eigenvalue weighted by atomic mass is 16.5. The number of piperidine rings is 1. The van der Waals surface area contributed by atoms with Crippen LogP contribution >= 0.6 is 0 Å². The molecule has 0 aromatic heterocycles. The van der Waals surface area contributed by atoms with Gasteiger partial charge in [0.05, 0.1) is 6.10 Å². The van der Waals surface area contributed by atoms with E-state index in [-0.39, 0.29) is 23.8 Å². The molecular formula is C20H30N2O3. The molecule has 0 saturated carbocycles. The number of hydrogen-bond donors (Lipinski definition) is 1. The lowest BCUT2D eigenvalue weighted by atomic mass is 9.95. The van der Waals surface area contributed by atoms with Gasteiger partial charge in [-0.2, -0.15) is 0 Å². The molecule has 5 nitrogen and oxygen atoms in total. The molecule has 0 unspecified atom stereocenters. The second-order valence-corrected chi connectivity index (χ2v) is 6.95. The predicted octanol–water partition coefficient (Wildman–Crippen LogP) is 2.78. The first-order valence-corrected chi connectivity index (χ1v) is 9.23. The van der Waals surface area contributed by atoms with Gasteiger partial charge in [0.1, 0.15) is 0 Å². The Morgan fingerprint density at radius 1 is 1.24 bits per heavy atom. The molecule has 0 spiro atoms. The minimum atomic E-state index is 0.00642. The average molecular weight is 346 g/mol. The Bertz CT molecular complexity index is 578. The molecule has 1 aliphatic rings. The summed E-state index contributed by atoms with van der Waals surface area (Å²) in [6.45, 7) is 8.56. The lowest BCUT2D eigenvalue weighted by Crippen LogP contribution is -2.43. The van der Waals surface area contributed by atoms with E-state index in [4.69, 9.17) is 4.74 Å². The van der Waals surface area contributed by atoms with Gasteiger partial charge in [0.25, 0.3) is 5.91 Å². The number of benzene rings is 1. The van der Waals surface area contributed by atoms with Crippen molar-refractivity contribution in [1.82, 2.24) is 10.2 Å². The average Bonchev–Trinajstić information content (AvgIpc) is 2.61. The first kappa shape index (κ1) is 19.4. The van der Waals surface area contributed by atoms with Gasteiger partial charge in [0.2, 0.25) is 5.91 Å². The zero-order chi connectivity index (χ0) is 18.2. The van der Waals surface area contributed by atoms with Gasteiger partial charge in [-0.15, -0.1) is 0 Å². The SMILES string of the molecule is Cc1ccccc1C(=O)N1CCC(C(=O)NCCCOC(C)C)CC1. The van der Waals surface area contributed by atoms with Crippen molar-refractivity contribution in [3.63, 3.8) is 0 Å². The molecule has 1 aliphatic heterocycles. The van der Waals surface area contributed by atoms with E-state index in [1.54, 1.807) is 0 Å². The van der Waals surface area contributed by atoms with Crippen LogP contribution in [-0.4, -0.2) is 49.1 Å². The summed E-state index contributed by atoms with van der Waals surface area (Å²) < 4.78 is 5.47. The lowest BCUT2D eigenvalue weighted by molar-refractivity contribution is -0.126. The molecule has 2 rings (SSSR count). The molecule has 1 heterocycles. The van der Waals surface area contributed by atoms with E-state index in [2.05, 4.69) is 5.32 Å². The molecule has 1 aromatic carbocycles. The summed E-state index contributed by atoms with van der Waals surface area (Å²) in [5, 5.41) is 2.99. The molecular weight excluding hydrogens is 316 g/mol. The largest absolute Gasteiger partial charge is 0.379 e. The molecule has 5 heteroatoms. The van der Waals surface area contributed by atoms with Gasteiger partial charge >= 0.3 is 0 Å². The fourth-order valence-electron chi connectivity index (χ4n) is 3.08. The summed E-state index contributed by atoms with van der Waals surface area (Å²) in [4.78, 5) is 26.7. The zero-order valence-corrected chi connectivity index (χ0v) is 15.6. The van der Waals surface area contributed by atoms with Crippen molar-refractivity contribution in [3.05, 3.63) is 35.4 Å². The van der Waals surface area contributed by atoms with Crippen LogP contribution in [0.25, 0.3) is 0 Å². The molecule has 0 atom stereocenters. The Labute approximate surface area is 150 Å². The maximum absolute atomic E-state index is 12.6. The molecule has 25 heavy (non-hydrogen) atoms. The van der Waals surface area contributed by atoms with Gasteiger partial charge in [-0.25, -0.2) is 0 Å². The highest BCUT2D eigenvalue weighted by Gasteiger charge is 2.28. The highest BCUT2D eigenvalue weighted by molar-refractivity contribution is 5.95. The van der Waals surface area contributed by atoms with Crippen molar-refractivity contribution in [2.45, 2.75) is 46.1 Å². The minimum absolute atomic E-state index is 0.00642. The monoisotopic (exact) mass is 346 g/mol. The second-order valence-electron chi connectivity index (χ2n) is 6.95. The van der Waals surface area contributed by atoms with Crippen molar-refractivity contribution in [1.29, 1.82) is 0 Å². The first-order valence-electron chi connectivity index (χ1n) is 9.23. The summed E-state index contributed by atoms with van der Waals surface area (Å²) in [5.41, 5.74) is 1.76. The Morgan fingerprint density at radius 3 is 2.56 bits per heavy atom. The maximum Gasteiger partial charge on any atom is 0.254 e. The van der Waals surface area contributed by atoms with E-state index >= 15 is 0 Å². The molecule has 1 N–H and O–H groups in total. The van der Waals surface area contributed by atoms with Crippen LogP contribution in [0.15, 0.2) is 24.3 Å². The smallest absolute Gasteiger partial charge is 0.254 e. The van der Waals surface area contributed by atoms with Crippen LogP contribution in [0.4, 0.5) is 0 Å². The van der Waals surface area contributed by atoms with Crippen LogP contribution in [0, 0.1) is 12.8 Å². The standard InChI is InChI=1S/C20H30N2O3/c1-15(2)25-14-6-11-21-19(23)17-9-12-22(13-10-17)20(24)18-8-5-4-7-16(18)3/h4-5,7-8,15,17H,6,9-14H2,1-3H3,(H,21,23). The third-order valence-corrected chi connectivity index (χ3v) is 4.60. The Hall–Kier alpha value is -1.88. The van der Waals surface area contributed by atoms with Gasteiger partial charge in [-0.1, -0.05) is 18.2 Å². The molecule has 0 bridgehead atoms. The van der Waals surface area contributed by atoms with Gasteiger partial charge in [0, 0.05) is 37.7 Å². The fourth-order valence-corrected chi connectivity index (χ4v) is 3.08. The number of hydrogen-bond acceptors (Lipinski definition) is 3. The van der Waals surface area contributed by atoms with Gasteiger partial charge in [-0.3, -0.25) is 9.59 Å². The third kappa shape index (κ3) is 5.85. The van der Waals surface area contributed by atoms with Crippen molar-refractivity contribution < 1.29 is 14.3 Å². The molecule has 138 valence electrons. The Morgan fingerprint density at radius 2 is 1.92 bits per heavy atom. The van der Waals surface area contributed by atoms with Crippen LogP contribution in [0.2, 0.25) is 0 Å². The van der Waals surface area contributed by atoms with Crippen molar-refractivity contribution in [2.75, 3.05) is 26.2 Å². The molecule has 0 radical (unpaired) electrons. The molecule has 2 amide bonds. The lowest BCUT2D eigenvalue weighted by Gasteiger charge is -2.31. The maximum atomic E-state index is 12.6. The van der Waals surface area contributed by atoms with E-state index in [0.717, 1.165) is 30.4 Å². The fraction of sp³-hybridized carbons (Fsp3) is 0.600. The van der Waals surface area contributed by atoms with Gasteiger partial charge < -0.3 is 15.0 Å². The van der Waals surface area contributed by atoms with E-state index in [1.807, 2.05) is 49.9 Å². The van der Waals surface area contributed by atoms with E-state index < -0.39 is 0 Å². The van der Waals surface area contributed by atoms with Gasteiger partial charge in [-0.05, 0) is 51.7 Å². The third-order valence-electron chi connectivity index (χ3n) is 4.60. The molecule has 1 aromatic rings. The summed E-state index contributed by atoms with van der Waals surface area (Å²) in [7, 11) is 0. The van der Waals surface area contributed by atoms with E-state index in [9.17, 15) is 9.59 Å². The summed E-state index contributed by atoms with van der Waals surface area (Å²) in [5.74, 6) is 0.183. The van der Waals surface area contributed by atoms with Crippen LogP contribution in [-0.2, 0) is 9.53 Å². The van der Waals surface area contributed by atoms with Gasteiger partial charge in [0.15, 0.2) is 0 Å². The second kappa shape index (κ2) is 9.56. The number of rotatable bonds is 7. The Balaban J connectivity index is 1.73. The minimum Gasteiger partial charge on any atom is -0.379 e. The van der Waals surface area contributed by atoms with E-state index in [1.165, 1.54) is 0 Å². The molecule has 1 saturated heterocycles. The van der Waals surface area contributed by atoms with Crippen LogP contribution in [0.3, 0.4) is 0 Å². The summed E-state index contributed by atoms with van der Waals surface area (Å²) in [6, 6.07) is 7.66. The topological polar surface area (TPSA) is 58.6 Å².